The van der Waals surface area contributed by atoms with E-state index >= 15 is 0 Å². The second-order valence-corrected chi connectivity index (χ2v) is 4.09. The molecule has 5 heteroatoms. The van der Waals surface area contributed by atoms with E-state index in [0.29, 0.717) is 6.61 Å². The van der Waals surface area contributed by atoms with Crippen LogP contribution in [0.2, 0.25) is 0 Å². The maximum atomic E-state index is 10.9. The Bertz CT molecular complexity index is 154. The molecule has 0 aromatic rings. The molecule has 1 aliphatic rings. The van der Waals surface area contributed by atoms with Crippen molar-refractivity contribution >= 4 is 7.60 Å². The summed E-state index contributed by atoms with van der Waals surface area (Å²) in [6, 6.07) is 0. The minimum atomic E-state index is -3.31. The van der Waals surface area contributed by atoms with Crippen molar-refractivity contribution in [1.29, 1.82) is 0 Å². The highest BCUT2D eigenvalue weighted by atomic mass is 31.2. The van der Waals surface area contributed by atoms with Crippen LogP contribution in [0.3, 0.4) is 0 Å². The quantitative estimate of drug-likeness (QED) is 0.491. The summed E-state index contributed by atoms with van der Waals surface area (Å²) in [5.41, 5.74) is 0. The molecule has 1 saturated heterocycles. The zero-order valence-corrected chi connectivity index (χ0v) is 6.71. The van der Waals surface area contributed by atoms with E-state index in [1.807, 2.05) is 0 Å². The van der Waals surface area contributed by atoms with E-state index in [1.54, 1.807) is 6.92 Å². The average molecular weight is 166 g/mol. The van der Waals surface area contributed by atoms with E-state index in [0.717, 1.165) is 0 Å². The highest BCUT2D eigenvalue weighted by Gasteiger charge is 2.32. The van der Waals surface area contributed by atoms with Crippen molar-refractivity contribution in [3.63, 3.8) is 0 Å². The molecule has 0 radical (unpaired) electrons. The monoisotopic (exact) mass is 166 g/mol. The molecule has 4 nitrogen and oxygen atoms in total. The molecule has 10 heavy (non-hydrogen) atoms. The van der Waals surface area contributed by atoms with E-state index in [4.69, 9.17) is 9.63 Å². The van der Waals surface area contributed by atoms with Crippen molar-refractivity contribution in [1.82, 2.24) is 0 Å². The first-order chi connectivity index (χ1) is 4.64. The molecule has 1 fully saturated rings. The Kier molecular flexibility index (Phi) is 2.47. The van der Waals surface area contributed by atoms with Gasteiger partial charge in [-0.15, -0.1) is 0 Å². The minimum absolute atomic E-state index is 0.0395. The summed E-state index contributed by atoms with van der Waals surface area (Å²) in [5, 5.41) is 0. The molecule has 0 aromatic carbocycles. The van der Waals surface area contributed by atoms with Gasteiger partial charge in [0.2, 0.25) is 0 Å². The third kappa shape index (κ3) is 2.80. The molecule has 1 rings (SSSR count). The summed E-state index contributed by atoms with van der Waals surface area (Å²) in [6.07, 6.45) is 0.100. The van der Waals surface area contributed by atoms with Crippen LogP contribution in [0.5, 0.6) is 0 Å². The molecule has 1 heterocycles. The van der Waals surface area contributed by atoms with Crippen LogP contribution in [0.1, 0.15) is 6.92 Å². The average Bonchev–Trinajstić information content (AvgIpc) is 2.48. The summed E-state index contributed by atoms with van der Waals surface area (Å²) in [5.74, 6) is 0. The van der Waals surface area contributed by atoms with E-state index in [-0.39, 0.29) is 18.9 Å². The third-order valence-corrected chi connectivity index (χ3v) is 2.70. The van der Waals surface area contributed by atoms with Gasteiger partial charge in [0, 0.05) is 0 Å². The first-order valence-corrected chi connectivity index (χ1v) is 4.98. The van der Waals surface area contributed by atoms with Crippen LogP contribution in [-0.4, -0.2) is 30.4 Å². The predicted octanol–water partition coefficient (Wildman–Crippen LogP) is 0.607. The van der Waals surface area contributed by atoms with Crippen LogP contribution >= 0.6 is 7.60 Å². The van der Waals surface area contributed by atoms with Gasteiger partial charge < -0.3 is 14.2 Å². The van der Waals surface area contributed by atoms with Gasteiger partial charge in [0.25, 0.3) is 0 Å². The summed E-state index contributed by atoms with van der Waals surface area (Å²) >= 11 is 0. The lowest BCUT2D eigenvalue weighted by molar-refractivity contribution is 0.269. The third-order valence-electron chi connectivity index (χ3n) is 1.17. The summed E-state index contributed by atoms with van der Waals surface area (Å²) < 4.78 is 20.3. The number of epoxide rings is 1. The Hall–Kier alpha value is 0.110. The molecule has 0 aromatic heterocycles. The first kappa shape index (κ1) is 8.21. The summed E-state index contributed by atoms with van der Waals surface area (Å²) in [7, 11) is -3.31. The van der Waals surface area contributed by atoms with Gasteiger partial charge in [0.05, 0.1) is 25.5 Å². The zero-order valence-electron chi connectivity index (χ0n) is 5.82. The molecule has 1 aliphatic heterocycles. The topological polar surface area (TPSA) is 59.1 Å². The Morgan fingerprint density at radius 2 is 2.50 bits per heavy atom. The van der Waals surface area contributed by atoms with E-state index in [9.17, 15) is 4.57 Å². The fourth-order valence-electron chi connectivity index (χ4n) is 0.685. The molecule has 2 unspecified atom stereocenters. The number of hydrogen-bond acceptors (Lipinski definition) is 3. The zero-order chi connectivity index (χ0) is 7.61. The fourth-order valence-corrected chi connectivity index (χ4v) is 1.92. The van der Waals surface area contributed by atoms with E-state index in [2.05, 4.69) is 4.52 Å². The molecular formula is C5H11O4P. The highest BCUT2D eigenvalue weighted by molar-refractivity contribution is 7.52. The van der Waals surface area contributed by atoms with Gasteiger partial charge >= 0.3 is 7.60 Å². The van der Waals surface area contributed by atoms with Crippen LogP contribution in [0.15, 0.2) is 0 Å². The van der Waals surface area contributed by atoms with Crippen LogP contribution < -0.4 is 0 Å². The largest absolute Gasteiger partial charge is 0.372 e. The lowest BCUT2D eigenvalue weighted by Gasteiger charge is -2.07. The van der Waals surface area contributed by atoms with E-state index < -0.39 is 7.60 Å². The Morgan fingerprint density at radius 3 is 2.90 bits per heavy atom. The molecule has 0 spiro atoms. The molecule has 0 saturated carbocycles. The minimum Gasteiger partial charge on any atom is -0.372 e. The van der Waals surface area contributed by atoms with Crippen molar-refractivity contribution < 1.29 is 18.7 Å². The Morgan fingerprint density at radius 1 is 1.90 bits per heavy atom. The molecule has 0 aliphatic carbocycles. The fraction of sp³-hybridized carbons (Fsp3) is 1.00. The molecule has 0 amide bonds. The smallest absolute Gasteiger partial charge is 0.330 e. The standard InChI is InChI=1S/C5H11O4P/c1-2-9-10(6,7)4-5-3-8-5/h5H,2-4H2,1H3,(H,6,7). The Balaban J connectivity index is 2.26. The Labute approximate surface area is 59.7 Å². The van der Waals surface area contributed by atoms with Gasteiger partial charge in [-0.1, -0.05) is 0 Å². The van der Waals surface area contributed by atoms with Gasteiger partial charge in [0.1, 0.15) is 0 Å². The van der Waals surface area contributed by atoms with Crippen molar-refractivity contribution in [3.8, 4) is 0 Å². The van der Waals surface area contributed by atoms with Crippen molar-refractivity contribution in [2.45, 2.75) is 13.0 Å². The second kappa shape index (κ2) is 3.01. The van der Waals surface area contributed by atoms with Crippen LogP contribution in [0.25, 0.3) is 0 Å². The predicted molar refractivity (Wildman–Crippen MR) is 36.1 cm³/mol. The van der Waals surface area contributed by atoms with Crippen LogP contribution in [-0.2, 0) is 13.8 Å². The van der Waals surface area contributed by atoms with Crippen molar-refractivity contribution in [2.24, 2.45) is 0 Å². The number of hydrogen-bond donors (Lipinski definition) is 1. The SMILES string of the molecule is CCOP(=O)(O)CC1CO1. The lowest BCUT2D eigenvalue weighted by Crippen LogP contribution is -1.99. The van der Waals surface area contributed by atoms with Crippen LogP contribution in [0, 0.1) is 0 Å². The van der Waals surface area contributed by atoms with Gasteiger partial charge in [-0.2, -0.15) is 0 Å². The van der Waals surface area contributed by atoms with Gasteiger partial charge in [0.15, 0.2) is 0 Å². The molecule has 0 bridgehead atoms. The molecule has 2 atom stereocenters. The van der Waals surface area contributed by atoms with Gasteiger partial charge in [-0.05, 0) is 6.92 Å². The molecule has 1 N–H and O–H groups in total. The maximum absolute atomic E-state index is 10.9. The molecular weight excluding hydrogens is 155 g/mol. The number of rotatable bonds is 4. The lowest BCUT2D eigenvalue weighted by atomic mass is 10.6. The summed E-state index contributed by atoms with van der Waals surface area (Å²) in [6.45, 7) is 2.56. The highest BCUT2D eigenvalue weighted by Crippen LogP contribution is 2.44. The number of ether oxygens (including phenoxy) is 1. The van der Waals surface area contributed by atoms with Crippen molar-refractivity contribution in [3.05, 3.63) is 0 Å². The molecule has 60 valence electrons. The van der Waals surface area contributed by atoms with Crippen molar-refractivity contribution in [2.75, 3.05) is 19.4 Å². The van der Waals surface area contributed by atoms with Gasteiger partial charge in [-0.3, -0.25) is 4.57 Å². The maximum Gasteiger partial charge on any atom is 0.330 e. The second-order valence-electron chi connectivity index (χ2n) is 2.19. The van der Waals surface area contributed by atoms with Crippen LogP contribution in [0.4, 0.5) is 0 Å². The van der Waals surface area contributed by atoms with E-state index in [1.165, 1.54) is 0 Å². The normalized spacial score (nSPS) is 29.6. The first-order valence-electron chi connectivity index (χ1n) is 3.22. The van der Waals surface area contributed by atoms with Gasteiger partial charge in [-0.25, -0.2) is 0 Å². The summed E-state index contributed by atoms with van der Waals surface area (Å²) in [4.78, 5) is 8.98.